The molecule has 0 aromatic heterocycles. The monoisotopic (exact) mass is 546 g/mol. The van der Waals surface area contributed by atoms with Gasteiger partial charge < -0.3 is 29.2 Å². The Kier molecular flexibility index (Phi) is 8.06. The van der Waals surface area contributed by atoms with E-state index >= 15 is 0 Å². The molecule has 5 rings (SSSR count). The number of aliphatic hydroxyl groups excluding tert-OH is 2. The van der Waals surface area contributed by atoms with Gasteiger partial charge in [-0.1, -0.05) is 31.6 Å². The van der Waals surface area contributed by atoms with E-state index in [4.69, 9.17) is 18.9 Å². The van der Waals surface area contributed by atoms with Gasteiger partial charge in [0.25, 0.3) is 0 Å². The minimum Gasteiger partial charge on any atom is -0.463 e. The summed E-state index contributed by atoms with van der Waals surface area (Å²) in [5.74, 6) is 1.63. The van der Waals surface area contributed by atoms with Crippen LogP contribution in [0.2, 0.25) is 0 Å². The maximum Gasteiger partial charge on any atom is 0.303 e. The van der Waals surface area contributed by atoms with Crippen molar-refractivity contribution in [3.05, 3.63) is 24.3 Å². The molecule has 39 heavy (non-hydrogen) atoms. The summed E-state index contributed by atoms with van der Waals surface area (Å²) in [6.07, 6.45) is 7.24. The van der Waals surface area contributed by atoms with Crippen LogP contribution < -0.4 is 0 Å². The third kappa shape index (κ3) is 5.11. The molecule has 4 aliphatic carbocycles. The third-order valence-corrected chi connectivity index (χ3v) is 11.1. The maximum absolute atomic E-state index is 11.7. The molecule has 4 fully saturated rings. The van der Waals surface area contributed by atoms with Crippen LogP contribution in [0.15, 0.2) is 24.3 Å². The van der Waals surface area contributed by atoms with Crippen molar-refractivity contribution in [2.75, 3.05) is 6.61 Å². The Balaban J connectivity index is 1.29. The molecule has 0 bridgehead atoms. The smallest absolute Gasteiger partial charge is 0.303 e. The molecule has 1 aliphatic heterocycles. The number of esters is 2. The summed E-state index contributed by atoms with van der Waals surface area (Å²) in [6.45, 7) is 11.4. The summed E-state index contributed by atoms with van der Waals surface area (Å²) in [5, 5.41) is 21.6. The first-order chi connectivity index (χ1) is 18.5. The lowest BCUT2D eigenvalue weighted by molar-refractivity contribution is -0.315. The Morgan fingerprint density at radius 3 is 2.54 bits per heavy atom. The lowest BCUT2D eigenvalue weighted by Gasteiger charge is -2.58. The van der Waals surface area contributed by atoms with E-state index in [0.29, 0.717) is 17.3 Å². The highest BCUT2D eigenvalue weighted by Crippen LogP contribution is 2.66. The van der Waals surface area contributed by atoms with E-state index in [0.717, 1.165) is 37.5 Å². The number of rotatable bonds is 6. The molecule has 2 N–H and O–H groups in total. The van der Waals surface area contributed by atoms with E-state index < -0.39 is 42.6 Å². The van der Waals surface area contributed by atoms with E-state index in [-0.39, 0.29) is 18.1 Å². The summed E-state index contributed by atoms with van der Waals surface area (Å²) >= 11 is 0. The first-order valence-corrected chi connectivity index (χ1v) is 14.8. The van der Waals surface area contributed by atoms with Gasteiger partial charge in [0.1, 0.15) is 24.9 Å². The van der Waals surface area contributed by atoms with Crippen molar-refractivity contribution in [2.45, 2.75) is 116 Å². The van der Waals surface area contributed by atoms with Gasteiger partial charge in [-0.15, -0.1) is 6.58 Å². The number of carbonyl (C=O) groups is 2. The van der Waals surface area contributed by atoms with Gasteiger partial charge in [-0.05, 0) is 85.9 Å². The van der Waals surface area contributed by atoms with E-state index in [1.54, 1.807) is 0 Å². The molecule has 218 valence electrons. The Morgan fingerprint density at radius 2 is 1.85 bits per heavy atom. The van der Waals surface area contributed by atoms with Gasteiger partial charge in [-0.25, -0.2) is 0 Å². The van der Waals surface area contributed by atoms with E-state index in [1.807, 2.05) is 0 Å². The molecule has 0 radical (unpaired) electrons. The standard InChI is InChI=1S/C31H46O8/c1-6-19-8-10-23-22-9-7-20-15-21(11-13-31(20,5)24(22)12-14-30(19,23)4)38-29-27(35)28(37-18(3)33)26(34)25(39-29)16-36-17(2)32/h6-7,19,21-29,34-35H,1,8-16H2,2-5H3/t19-,21-,22-,23+,24-,25+,26+,27+,28-,29+,30+,31-/m0/s1. The SMILES string of the molecule is C=C[C@H]1CC[C@@H]2[C@@H]3CC=C4C[C@@H](O[C@@H]5O[C@H](COC(C)=O)[C@@H](O)[C@H](OC(C)=O)[C@H]5O)CC[C@]4(C)[C@H]3CC[C@@]21C. The van der Waals surface area contributed by atoms with Crippen LogP contribution in [0.5, 0.6) is 0 Å². The van der Waals surface area contributed by atoms with Crippen molar-refractivity contribution in [3.63, 3.8) is 0 Å². The maximum atomic E-state index is 11.7. The molecule has 5 aliphatic rings. The van der Waals surface area contributed by atoms with Crippen molar-refractivity contribution in [1.82, 2.24) is 0 Å². The summed E-state index contributed by atoms with van der Waals surface area (Å²) < 4.78 is 22.5. The fourth-order valence-electron chi connectivity index (χ4n) is 9.04. The van der Waals surface area contributed by atoms with Crippen molar-refractivity contribution in [3.8, 4) is 0 Å². The van der Waals surface area contributed by atoms with Crippen LogP contribution in [0.4, 0.5) is 0 Å². The van der Waals surface area contributed by atoms with E-state index in [9.17, 15) is 19.8 Å². The fraction of sp³-hybridized carbons (Fsp3) is 0.806. The zero-order chi connectivity index (χ0) is 28.1. The largest absolute Gasteiger partial charge is 0.463 e. The zero-order valence-corrected chi connectivity index (χ0v) is 23.8. The van der Waals surface area contributed by atoms with Gasteiger partial charge in [0.05, 0.1) is 6.10 Å². The highest BCUT2D eigenvalue weighted by molar-refractivity contribution is 5.66. The number of hydrogen-bond acceptors (Lipinski definition) is 8. The van der Waals surface area contributed by atoms with Gasteiger partial charge >= 0.3 is 11.9 Å². The summed E-state index contributed by atoms with van der Waals surface area (Å²) in [4.78, 5) is 23.0. The van der Waals surface area contributed by atoms with E-state index in [2.05, 4.69) is 32.6 Å². The zero-order valence-electron chi connectivity index (χ0n) is 23.8. The number of hydrogen-bond donors (Lipinski definition) is 2. The fourth-order valence-corrected chi connectivity index (χ4v) is 9.04. The second kappa shape index (κ2) is 10.9. The molecule has 12 atom stereocenters. The number of fused-ring (bicyclic) bond motifs is 5. The highest BCUT2D eigenvalue weighted by atomic mass is 16.7. The summed E-state index contributed by atoms with van der Waals surface area (Å²) in [5.41, 5.74) is 1.97. The Morgan fingerprint density at radius 1 is 1.08 bits per heavy atom. The number of aliphatic hydroxyl groups is 2. The number of allylic oxidation sites excluding steroid dienone is 2. The van der Waals surface area contributed by atoms with Crippen LogP contribution in [-0.4, -0.2) is 65.6 Å². The summed E-state index contributed by atoms with van der Waals surface area (Å²) in [7, 11) is 0. The quantitative estimate of drug-likeness (QED) is 0.379. The lowest BCUT2D eigenvalue weighted by atomic mass is 9.47. The third-order valence-electron chi connectivity index (χ3n) is 11.1. The van der Waals surface area contributed by atoms with Crippen molar-refractivity contribution < 1.29 is 38.7 Å². The molecule has 0 unspecified atom stereocenters. The van der Waals surface area contributed by atoms with Crippen molar-refractivity contribution in [2.24, 2.45) is 34.5 Å². The van der Waals surface area contributed by atoms with Gasteiger partial charge in [0, 0.05) is 13.8 Å². The van der Waals surface area contributed by atoms with Crippen molar-refractivity contribution in [1.29, 1.82) is 0 Å². The number of ether oxygens (including phenoxy) is 4. The van der Waals surface area contributed by atoms with Crippen LogP contribution in [0.3, 0.4) is 0 Å². The molecule has 8 heteroatoms. The molecule has 0 aromatic rings. The summed E-state index contributed by atoms with van der Waals surface area (Å²) in [6, 6.07) is 0. The lowest BCUT2D eigenvalue weighted by Crippen LogP contribution is -2.61. The minimum absolute atomic E-state index is 0.150. The van der Waals surface area contributed by atoms with Crippen molar-refractivity contribution >= 4 is 11.9 Å². The van der Waals surface area contributed by atoms with Crippen LogP contribution >= 0.6 is 0 Å². The van der Waals surface area contributed by atoms with E-state index in [1.165, 1.54) is 45.1 Å². The van der Waals surface area contributed by atoms with Gasteiger partial charge in [-0.3, -0.25) is 9.59 Å². The predicted octanol–water partition coefficient (Wildman–Crippen LogP) is 4.08. The van der Waals surface area contributed by atoms with Crippen LogP contribution in [0, 0.1) is 34.5 Å². The predicted molar refractivity (Wildman–Crippen MR) is 143 cm³/mol. The highest BCUT2D eigenvalue weighted by Gasteiger charge is 2.58. The minimum atomic E-state index is -1.37. The van der Waals surface area contributed by atoms with Gasteiger partial charge in [0.15, 0.2) is 12.4 Å². The Hall–Kier alpha value is -1.74. The molecule has 1 saturated heterocycles. The van der Waals surface area contributed by atoms with Gasteiger partial charge in [-0.2, -0.15) is 0 Å². The second-order valence-electron chi connectivity index (χ2n) is 13.1. The molecule has 1 heterocycles. The molecular weight excluding hydrogens is 500 g/mol. The topological polar surface area (TPSA) is 112 Å². The second-order valence-corrected chi connectivity index (χ2v) is 13.1. The molecule has 0 amide bonds. The number of carbonyl (C=O) groups excluding carboxylic acids is 2. The Bertz CT molecular complexity index is 993. The first-order valence-electron chi connectivity index (χ1n) is 14.8. The van der Waals surface area contributed by atoms with Crippen LogP contribution in [0.1, 0.15) is 79.1 Å². The van der Waals surface area contributed by atoms with Crippen LogP contribution in [-0.2, 0) is 28.5 Å². The Labute approximate surface area is 232 Å². The molecule has 3 saturated carbocycles. The molecule has 0 aromatic carbocycles. The normalized spacial score (nSPS) is 47.2. The molecule has 0 spiro atoms. The average Bonchev–Trinajstić information content (AvgIpc) is 3.23. The van der Waals surface area contributed by atoms with Crippen LogP contribution in [0.25, 0.3) is 0 Å². The van der Waals surface area contributed by atoms with Gasteiger partial charge in [0.2, 0.25) is 0 Å². The first kappa shape index (κ1) is 28.8. The molecular formula is C31H46O8. The average molecular weight is 547 g/mol. The molecule has 8 nitrogen and oxygen atoms in total.